The summed E-state index contributed by atoms with van der Waals surface area (Å²) in [6.07, 6.45) is 6.80. The number of hydrogen-bond acceptors (Lipinski definition) is 3. The fraction of sp³-hybridized carbons (Fsp3) is 0.938. The first kappa shape index (κ1) is 14.3. The van der Waals surface area contributed by atoms with Crippen LogP contribution in [0, 0.1) is 11.8 Å². The molecule has 4 heteroatoms. The average molecular weight is 279 g/mol. The molecule has 114 valence electrons. The van der Waals surface area contributed by atoms with Gasteiger partial charge in [-0.1, -0.05) is 6.92 Å². The van der Waals surface area contributed by atoms with Crippen molar-refractivity contribution < 1.29 is 4.79 Å². The van der Waals surface area contributed by atoms with Crippen LogP contribution in [0.1, 0.15) is 45.4 Å². The van der Waals surface area contributed by atoms with Crippen molar-refractivity contribution in [3.8, 4) is 0 Å². The van der Waals surface area contributed by atoms with E-state index in [2.05, 4.69) is 16.7 Å². The second kappa shape index (κ2) is 6.02. The van der Waals surface area contributed by atoms with Gasteiger partial charge in [0, 0.05) is 37.6 Å². The van der Waals surface area contributed by atoms with Crippen LogP contribution in [0.15, 0.2) is 0 Å². The van der Waals surface area contributed by atoms with E-state index in [0.717, 1.165) is 38.8 Å². The van der Waals surface area contributed by atoms with E-state index in [9.17, 15) is 4.79 Å². The molecule has 4 atom stereocenters. The summed E-state index contributed by atoms with van der Waals surface area (Å²) in [6.45, 7) is 6.54. The van der Waals surface area contributed by atoms with Gasteiger partial charge in [-0.25, -0.2) is 0 Å². The minimum absolute atomic E-state index is 0.173. The Bertz CT molecular complexity index is 360. The van der Waals surface area contributed by atoms with Gasteiger partial charge in [0.15, 0.2) is 0 Å². The molecule has 0 aromatic carbocycles. The largest absolute Gasteiger partial charge is 0.341 e. The highest BCUT2D eigenvalue weighted by Crippen LogP contribution is 2.31. The molecule has 3 aliphatic rings. The van der Waals surface area contributed by atoms with E-state index in [4.69, 9.17) is 5.73 Å². The average Bonchev–Trinajstić information content (AvgIpc) is 2.78. The van der Waals surface area contributed by atoms with Crippen LogP contribution in [0.4, 0.5) is 0 Å². The van der Waals surface area contributed by atoms with Crippen LogP contribution in [-0.4, -0.2) is 54.0 Å². The molecule has 0 aromatic rings. The Morgan fingerprint density at radius 3 is 2.75 bits per heavy atom. The second-order valence-electron chi connectivity index (χ2n) is 7.13. The molecule has 0 spiro atoms. The SMILES string of the molecule is CC1CCC(N)CC1C(=O)N1CCCN2CCCC2C1. The van der Waals surface area contributed by atoms with Crippen molar-refractivity contribution in [1.29, 1.82) is 0 Å². The van der Waals surface area contributed by atoms with Gasteiger partial charge in [-0.3, -0.25) is 9.69 Å². The van der Waals surface area contributed by atoms with Crippen molar-refractivity contribution >= 4 is 5.91 Å². The minimum atomic E-state index is 0.173. The van der Waals surface area contributed by atoms with Crippen LogP contribution in [0.25, 0.3) is 0 Å². The molecule has 2 saturated heterocycles. The molecule has 0 radical (unpaired) electrons. The van der Waals surface area contributed by atoms with Gasteiger partial charge in [0.25, 0.3) is 0 Å². The summed E-state index contributed by atoms with van der Waals surface area (Å²) < 4.78 is 0. The van der Waals surface area contributed by atoms with Crippen molar-refractivity contribution in [2.24, 2.45) is 17.6 Å². The van der Waals surface area contributed by atoms with Gasteiger partial charge >= 0.3 is 0 Å². The molecule has 0 bridgehead atoms. The smallest absolute Gasteiger partial charge is 0.226 e. The molecule has 20 heavy (non-hydrogen) atoms. The van der Waals surface area contributed by atoms with E-state index in [1.54, 1.807) is 0 Å². The summed E-state index contributed by atoms with van der Waals surface area (Å²) in [4.78, 5) is 17.7. The summed E-state index contributed by atoms with van der Waals surface area (Å²) in [6, 6.07) is 0.851. The summed E-state index contributed by atoms with van der Waals surface area (Å²) in [7, 11) is 0. The highest BCUT2D eigenvalue weighted by molar-refractivity contribution is 5.79. The van der Waals surface area contributed by atoms with Crippen LogP contribution >= 0.6 is 0 Å². The first-order chi connectivity index (χ1) is 9.65. The molecule has 2 heterocycles. The van der Waals surface area contributed by atoms with Crippen molar-refractivity contribution in [3.05, 3.63) is 0 Å². The minimum Gasteiger partial charge on any atom is -0.341 e. The fourth-order valence-corrected chi connectivity index (χ4v) is 4.34. The number of fused-ring (bicyclic) bond motifs is 1. The molecule has 1 saturated carbocycles. The monoisotopic (exact) mass is 279 g/mol. The lowest BCUT2D eigenvalue weighted by Crippen LogP contribution is -2.46. The van der Waals surface area contributed by atoms with E-state index in [1.807, 2.05) is 0 Å². The second-order valence-corrected chi connectivity index (χ2v) is 7.13. The first-order valence-electron chi connectivity index (χ1n) is 8.43. The molecular formula is C16H29N3O. The topological polar surface area (TPSA) is 49.6 Å². The zero-order chi connectivity index (χ0) is 14.1. The molecular weight excluding hydrogens is 250 g/mol. The molecule has 4 unspecified atom stereocenters. The molecule has 1 amide bonds. The third-order valence-corrected chi connectivity index (χ3v) is 5.67. The van der Waals surface area contributed by atoms with E-state index in [-0.39, 0.29) is 12.0 Å². The zero-order valence-corrected chi connectivity index (χ0v) is 12.8. The van der Waals surface area contributed by atoms with Crippen LogP contribution in [0.5, 0.6) is 0 Å². The molecule has 0 aromatic heterocycles. The Morgan fingerprint density at radius 2 is 1.90 bits per heavy atom. The van der Waals surface area contributed by atoms with Crippen LogP contribution < -0.4 is 5.73 Å². The van der Waals surface area contributed by atoms with Crippen molar-refractivity contribution in [2.75, 3.05) is 26.2 Å². The van der Waals surface area contributed by atoms with Gasteiger partial charge in [-0.2, -0.15) is 0 Å². The van der Waals surface area contributed by atoms with Gasteiger partial charge < -0.3 is 10.6 Å². The van der Waals surface area contributed by atoms with Crippen molar-refractivity contribution in [3.63, 3.8) is 0 Å². The fourth-order valence-electron chi connectivity index (χ4n) is 4.34. The van der Waals surface area contributed by atoms with Gasteiger partial charge in [-0.15, -0.1) is 0 Å². The van der Waals surface area contributed by atoms with Gasteiger partial charge in [0.2, 0.25) is 5.91 Å². The van der Waals surface area contributed by atoms with Crippen LogP contribution in [-0.2, 0) is 4.79 Å². The third kappa shape index (κ3) is 2.86. The summed E-state index contributed by atoms with van der Waals surface area (Å²) >= 11 is 0. The number of amides is 1. The number of carbonyl (C=O) groups is 1. The summed E-state index contributed by atoms with van der Waals surface area (Å²) in [5, 5.41) is 0. The Labute approximate surface area is 122 Å². The maximum atomic E-state index is 12.9. The lowest BCUT2D eigenvalue weighted by Gasteiger charge is -2.36. The molecule has 4 nitrogen and oxygen atoms in total. The third-order valence-electron chi connectivity index (χ3n) is 5.67. The molecule has 2 aliphatic heterocycles. The molecule has 3 rings (SSSR count). The maximum Gasteiger partial charge on any atom is 0.226 e. The lowest BCUT2D eigenvalue weighted by molar-refractivity contribution is -0.138. The normalized spacial score (nSPS) is 39.4. The maximum absolute atomic E-state index is 12.9. The molecule has 2 N–H and O–H groups in total. The standard InChI is InChI=1S/C16H29N3O/c1-12-5-6-13(17)10-15(12)16(20)19-9-3-8-18-7-2-4-14(18)11-19/h12-15H,2-11,17H2,1H3. The van der Waals surface area contributed by atoms with Gasteiger partial charge in [-0.05, 0) is 51.0 Å². The van der Waals surface area contributed by atoms with E-state index < -0.39 is 0 Å². The van der Waals surface area contributed by atoms with E-state index in [1.165, 1.54) is 25.9 Å². The van der Waals surface area contributed by atoms with Gasteiger partial charge in [0.05, 0.1) is 0 Å². The Morgan fingerprint density at radius 1 is 1.10 bits per heavy atom. The molecule has 3 fully saturated rings. The zero-order valence-electron chi connectivity index (χ0n) is 12.8. The predicted molar refractivity (Wildman–Crippen MR) is 80.3 cm³/mol. The predicted octanol–water partition coefficient (Wildman–Crippen LogP) is 1.45. The van der Waals surface area contributed by atoms with Crippen LogP contribution in [0.2, 0.25) is 0 Å². The van der Waals surface area contributed by atoms with Crippen LogP contribution in [0.3, 0.4) is 0 Å². The molecule has 1 aliphatic carbocycles. The number of hydrogen-bond donors (Lipinski definition) is 1. The Hall–Kier alpha value is -0.610. The van der Waals surface area contributed by atoms with Gasteiger partial charge in [0.1, 0.15) is 0 Å². The lowest BCUT2D eigenvalue weighted by atomic mass is 9.77. The summed E-state index contributed by atoms with van der Waals surface area (Å²) in [5.41, 5.74) is 6.09. The highest BCUT2D eigenvalue weighted by atomic mass is 16.2. The van der Waals surface area contributed by atoms with E-state index in [0.29, 0.717) is 17.9 Å². The first-order valence-corrected chi connectivity index (χ1v) is 8.43. The summed E-state index contributed by atoms with van der Waals surface area (Å²) in [5.74, 6) is 1.07. The quantitative estimate of drug-likeness (QED) is 0.790. The number of nitrogens with two attached hydrogens (primary N) is 1. The van der Waals surface area contributed by atoms with Crippen molar-refractivity contribution in [2.45, 2.75) is 57.5 Å². The number of nitrogens with zero attached hydrogens (tertiary/aromatic N) is 2. The highest BCUT2D eigenvalue weighted by Gasteiger charge is 2.37. The van der Waals surface area contributed by atoms with Crippen molar-refractivity contribution in [1.82, 2.24) is 9.80 Å². The number of rotatable bonds is 1. The van der Waals surface area contributed by atoms with E-state index >= 15 is 0 Å². The number of carbonyl (C=O) groups excluding carboxylic acids is 1. The Kier molecular flexibility index (Phi) is 4.32. The Balaban J connectivity index is 1.66.